The summed E-state index contributed by atoms with van der Waals surface area (Å²) in [4.78, 5) is 24.4. The molecule has 104 valence electrons. The molecule has 0 saturated carbocycles. The molecule has 1 aromatic carbocycles. The molecule has 0 aliphatic heterocycles. The number of esters is 1. The third-order valence-electron chi connectivity index (χ3n) is 2.61. The molecule has 1 aromatic rings. The van der Waals surface area contributed by atoms with Crippen molar-refractivity contribution in [2.45, 2.75) is 13.8 Å². The molecule has 0 spiro atoms. The van der Waals surface area contributed by atoms with Crippen LogP contribution in [0.4, 0.5) is 11.4 Å². The number of primary amides is 1. The molecule has 0 unspecified atom stereocenters. The Hall–Kier alpha value is -2.24. The first-order chi connectivity index (χ1) is 8.99. The van der Waals surface area contributed by atoms with E-state index in [-0.39, 0.29) is 6.54 Å². The highest BCUT2D eigenvalue weighted by Gasteiger charge is 2.14. The van der Waals surface area contributed by atoms with Crippen molar-refractivity contribution >= 4 is 23.3 Å². The molecule has 0 bridgehead atoms. The third-order valence-corrected chi connectivity index (χ3v) is 2.61. The van der Waals surface area contributed by atoms with Gasteiger partial charge in [0.25, 0.3) is 0 Å². The molecule has 6 nitrogen and oxygen atoms in total. The van der Waals surface area contributed by atoms with Crippen LogP contribution in [0.2, 0.25) is 0 Å². The van der Waals surface area contributed by atoms with Crippen molar-refractivity contribution in [2.24, 2.45) is 5.73 Å². The Morgan fingerprint density at radius 3 is 2.53 bits per heavy atom. The van der Waals surface area contributed by atoms with Gasteiger partial charge in [-0.05, 0) is 32.0 Å². The highest BCUT2D eigenvalue weighted by atomic mass is 16.5. The van der Waals surface area contributed by atoms with Crippen molar-refractivity contribution in [1.82, 2.24) is 0 Å². The van der Waals surface area contributed by atoms with Crippen molar-refractivity contribution in [2.75, 3.05) is 30.3 Å². The van der Waals surface area contributed by atoms with E-state index >= 15 is 0 Å². The number of rotatable bonds is 6. The SMILES string of the molecule is CCOC(=O)c1ccc(N)c(N(CC)CC(N)=O)c1. The summed E-state index contributed by atoms with van der Waals surface area (Å²) in [6.45, 7) is 4.52. The van der Waals surface area contributed by atoms with Crippen LogP contribution in [0.3, 0.4) is 0 Å². The number of benzene rings is 1. The first kappa shape index (κ1) is 14.8. The van der Waals surface area contributed by atoms with Crippen LogP contribution in [0.25, 0.3) is 0 Å². The van der Waals surface area contributed by atoms with Crippen LogP contribution in [-0.2, 0) is 9.53 Å². The molecule has 0 heterocycles. The van der Waals surface area contributed by atoms with Gasteiger partial charge in [0.2, 0.25) is 5.91 Å². The lowest BCUT2D eigenvalue weighted by Gasteiger charge is -2.23. The Balaban J connectivity index is 3.07. The first-order valence-corrected chi connectivity index (χ1v) is 6.09. The van der Waals surface area contributed by atoms with Crippen LogP contribution in [0.1, 0.15) is 24.2 Å². The Morgan fingerprint density at radius 1 is 1.32 bits per heavy atom. The lowest BCUT2D eigenvalue weighted by Crippen LogP contribution is -2.34. The van der Waals surface area contributed by atoms with E-state index in [9.17, 15) is 9.59 Å². The monoisotopic (exact) mass is 265 g/mol. The van der Waals surface area contributed by atoms with E-state index in [4.69, 9.17) is 16.2 Å². The van der Waals surface area contributed by atoms with Crippen molar-refractivity contribution in [3.63, 3.8) is 0 Å². The maximum atomic E-state index is 11.7. The predicted molar refractivity (Wildman–Crippen MR) is 73.9 cm³/mol. The number of anilines is 2. The van der Waals surface area contributed by atoms with Crippen molar-refractivity contribution in [1.29, 1.82) is 0 Å². The van der Waals surface area contributed by atoms with Crippen molar-refractivity contribution < 1.29 is 14.3 Å². The zero-order valence-corrected chi connectivity index (χ0v) is 11.2. The summed E-state index contributed by atoms with van der Waals surface area (Å²) in [5, 5.41) is 0. The van der Waals surface area contributed by atoms with E-state index in [1.165, 1.54) is 0 Å². The molecular formula is C13H19N3O3. The summed E-state index contributed by atoms with van der Waals surface area (Å²) < 4.78 is 4.93. The van der Waals surface area contributed by atoms with Gasteiger partial charge in [-0.1, -0.05) is 0 Å². The molecular weight excluding hydrogens is 246 g/mol. The average Bonchev–Trinajstić information content (AvgIpc) is 2.36. The minimum atomic E-state index is -0.456. The van der Waals surface area contributed by atoms with Gasteiger partial charge in [0.15, 0.2) is 0 Å². The van der Waals surface area contributed by atoms with Crippen LogP contribution in [-0.4, -0.2) is 31.6 Å². The molecule has 0 atom stereocenters. The Morgan fingerprint density at radius 2 is 2.00 bits per heavy atom. The number of hydrogen-bond acceptors (Lipinski definition) is 5. The van der Waals surface area contributed by atoms with E-state index in [1.807, 2.05) is 6.92 Å². The highest BCUT2D eigenvalue weighted by molar-refractivity contribution is 5.92. The second-order valence-corrected chi connectivity index (χ2v) is 3.97. The number of likely N-dealkylation sites (N-methyl/N-ethyl adjacent to an activating group) is 1. The highest BCUT2D eigenvalue weighted by Crippen LogP contribution is 2.24. The summed E-state index contributed by atoms with van der Waals surface area (Å²) >= 11 is 0. The van der Waals surface area contributed by atoms with Gasteiger partial charge in [0, 0.05) is 6.54 Å². The molecule has 0 aliphatic carbocycles. The lowest BCUT2D eigenvalue weighted by atomic mass is 10.1. The minimum Gasteiger partial charge on any atom is -0.462 e. The number of carbonyl (C=O) groups excluding carboxylic acids is 2. The normalized spacial score (nSPS) is 10.0. The summed E-state index contributed by atoms with van der Waals surface area (Å²) in [5.41, 5.74) is 12.5. The van der Waals surface area contributed by atoms with Crippen LogP contribution in [0.15, 0.2) is 18.2 Å². The number of nitrogens with two attached hydrogens (primary N) is 2. The molecule has 1 rings (SSSR count). The van der Waals surface area contributed by atoms with Gasteiger partial charge in [-0.25, -0.2) is 4.79 Å². The fourth-order valence-electron chi connectivity index (χ4n) is 1.71. The maximum Gasteiger partial charge on any atom is 0.338 e. The van der Waals surface area contributed by atoms with Gasteiger partial charge in [-0.3, -0.25) is 4.79 Å². The fourth-order valence-corrected chi connectivity index (χ4v) is 1.71. The standard InChI is InChI=1S/C13H19N3O3/c1-3-16(8-12(15)17)11-7-9(5-6-10(11)14)13(18)19-4-2/h5-7H,3-4,8,14H2,1-2H3,(H2,15,17). The van der Waals surface area contributed by atoms with E-state index in [0.717, 1.165) is 0 Å². The van der Waals surface area contributed by atoms with Gasteiger partial charge < -0.3 is 21.1 Å². The molecule has 4 N–H and O–H groups in total. The van der Waals surface area contributed by atoms with Gasteiger partial charge in [0.1, 0.15) is 0 Å². The molecule has 1 amide bonds. The average molecular weight is 265 g/mol. The minimum absolute atomic E-state index is 0.0486. The number of amides is 1. The third kappa shape index (κ3) is 3.87. The fraction of sp³-hybridized carbons (Fsp3) is 0.385. The summed E-state index contributed by atoms with van der Waals surface area (Å²) in [5.74, 6) is -0.873. The molecule has 19 heavy (non-hydrogen) atoms. The Bertz CT molecular complexity index is 474. The summed E-state index contributed by atoms with van der Waals surface area (Å²) in [7, 11) is 0. The zero-order valence-electron chi connectivity index (χ0n) is 11.2. The number of nitrogen functional groups attached to an aromatic ring is 1. The summed E-state index contributed by atoms with van der Waals surface area (Å²) in [6, 6.07) is 4.82. The number of hydrogen-bond donors (Lipinski definition) is 2. The topological polar surface area (TPSA) is 98.7 Å². The molecule has 0 saturated heterocycles. The van der Waals surface area contributed by atoms with E-state index in [0.29, 0.717) is 30.1 Å². The van der Waals surface area contributed by atoms with Gasteiger partial charge >= 0.3 is 5.97 Å². The van der Waals surface area contributed by atoms with E-state index < -0.39 is 11.9 Å². The van der Waals surface area contributed by atoms with Crippen molar-refractivity contribution in [3.05, 3.63) is 23.8 Å². The van der Waals surface area contributed by atoms with Crippen LogP contribution < -0.4 is 16.4 Å². The molecule has 0 aromatic heterocycles. The first-order valence-electron chi connectivity index (χ1n) is 6.09. The largest absolute Gasteiger partial charge is 0.462 e. The number of ether oxygens (including phenoxy) is 1. The second-order valence-electron chi connectivity index (χ2n) is 3.97. The van der Waals surface area contributed by atoms with E-state index in [1.54, 1.807) is 30.0 Å². The van der Waals surface area contributed by atoms with Crippen LogP contribution in [0, 0.1) is 0 Å². The van der Waals surface area contributed by atoms with Crippen LogP contribution in [0.5, 0.6) is 0 Å². The predicted octanol–water partition coefficient (Wildman–Crippen LogP) is 0.757. The Labute approximate surface area is 112 Å². The lowest BCUT2D eigenvalue weighted by molar-refractivity contribution is -0.116. The maximum absolute atomic E-state index is 11.7. The van der Waals surface area contributed by atoms with E-state index in [2.05, 4.69) is 0 Å². The van der Waals surface area contributed by atoms with Gasteiger partial charge in [-0.2, -0.15) is 0 Å². The number of carbonyl (C=O) groups is 2. The molecule has 0 radical (unpaired) electrons. The van der Waals surface area contributed by atoms with Crippen LogP contribution >= 0.6 is 0 Å². The Kier molecular flexibility index (Phi) is 5.17. The van der Waals surface area contributed by atoms with Crippen molar-refractivity contribution in [3.8, 4) is 0 Å². The molecule has 6 heteroatoms. The van der Waals surface area contributed by atoms with Gasteiger partial charge in [0.05, 0.1) is 30.1 Å². The molecule has 0 aliphatic rings. The van der Waals surface area contributed by atoms with Gasteiger partial charge in [-0.15, -0.1) is 0 Å². The quantitative estimate of drug-likeness (QED) is 0.584. The summed E-state index contributed by atoms with van der Waals surface area (Å²) in [6.07, 6.45) is 0. The molecule has 0 fully saturated rings. The number of nitrogens with zero attached hydrogens (tertiary/aromatic N) is 1. The second kappa shape index (κ2) is 6.63. The zero-order chi connectivity index (χ0) is 14.4. The smallest absolute Gasteiger partial charge is 0.338 e.